The van der Waals surface area contributed by atoms with Crippen LogP contribution in [0.25, 0.3) is 0 Å². The summed E-state index contributed by atoms with van der Waals surface area (Å²) in [5, 5.41) is 0. The molecule has 0 N–H and O–H groups in total. The first-order valence-electron chi connectivity index (χ1n) is 5.31. The SMILES string of the molecule is C/C(I)=C\C=C\[B-]12OC(=O)C[N+]1(C)CC(=O)O2. The van der Waals surface area contributed by atoms with E-state index in [0.29, 0.717) is 0 Å². The fourth-order valence-corrected chi connectivity index (χ4v) is 2.45. The van der Waals surface area contributed by atoms with E-state index in [9.17, 15) is 9.59 Å². The van der Waals surface area contributed by atoms with Crippen LogP contribution in [0.2, 0.25) is 0 Å². The Bertz CT molecular complexity index is 422. The van der Waals surface area contributed by atoms with Gasteiger partial charge in [0.15, 0.2) is 0 Å². The van der Waals surface area contributed by atoms with Gasteiger partial charge in [0.25, 0.3) is 0 Å². The van der Waals surface area contributed by atoms with Crippen LogP contribution >= 0.6 is 22.6 Å². The number of likely N-dealkylation sites (N-methyl/N-ethyl adjacent to an activating group) is 1. The van der Waals surface area contributed by atoms with Gasteiger partial charge in [0.05, 0.1) is 0 Å². The van der Waals surface area contributed by atoms with Crippen LogP contribution in [-0.4, -0.2) is 43.2 Å². The maximum Gasteiger partial charge on any atom is 0.607 e. The number of hydrogen-bond acceptors (Lipinski definition) is 4. The minimum Gasteiger partial charge on any atom is -0.596 e. The van der Waals surface area contributed by atoms with Crippen LogP contribution in [0, 0.1) is 0 Å². The van der Waals surface area contributed by atoms with Crippen molar-refractivity contribution in [3.05, 3.63) is 21.7 Å². The standard InChI is InChI=1S/C10H13BINO4/c1-8(12)4-3-5-11-13(2,6-9(14)16-11)7-10(15)17-11/h3-5H,6-7H2,1-2H3/b5-3+,8-4+. The second-order valence-electron chi connectivity index (χ2n) is 4.64. The average Bonchev–Trinajstić information content (AvgIpc) is 2.47. The van der Waals surface area contributed by atoms with Gasteiger partial charge in [0, 0.05) is 7.05 Å². The normalized spacial score (nSPS) is 37.2. The van der Waals surface area contributed by atoms with E-state index in [-0.39, 0.29) is 29.4 Å². The van der Waals surface area contributed by atoms with Gasteiger partial charge >= 0.3 is 18.6 Å². The number of halogens is 1. The Hall–Kier alpha value is -0.825. The minimum absolute atomic E-state index is 0.184. The van der Waals surface area contributed by atoms with Gasteiger partial charge in [-0.05, 0) is 33.1 Å². The number of carbonyl (C=O) groups is 2. The third-order valence-electron chi connectivity index (χ3n) is 3.13. The van der Waals surface area contributed by atoms with E-state index >= 15 is 0 Å². The van der Waals surface area contributed by atoms with E-state index < -0.39 is 6.69 Å². The van der Waals surface area contributed by atoms with Crippen molar-refractivity contribution in [2.75, 3.05) is 20.1 Å². The third-order valence-corrected chi connectivity index (χ3v) is 3.49. The lowest BCUT2D eigenvalue weighted by molar-refractivity contribution is -0.791. The molecule has 0 bridgehead atoms. The number of hydrogen-bond donors (Lipinski definition) is 0. The molecule has 0 spiro atoms. The van der Waals surface area contributed by atoms with Gasteiger partial charge in [-0.15, -0.1) is 0 Å². The highest BCUT2D eigenvalue weighted by atomic mass is 127. The van der Waals surface area contributed by atoms with Crippen LogP contribution in [0.15, 0.2) is 21.7 Å². The van der Waals surface area contributed by atoms with Gasteiger partial charge in [0.2, 0.25) is 0 Å². The summed E-state index contributed by atoms with van der Waals surface area (Å²) in [6, 6.07) is 0. The lowest BCUT2D eigenvalue weighted by Gasteiger charge is -2.37. The van der Waals surface area contributed by atoms with Crippen molar-refractivity contribution < 1.29 is 23.3 Å². The number of rotatable bonds is 2. The Balaban J connectivity index is 2.32. The molecule has 2 heterocycles. The van der Waals surface area contributed by atoms with Gasteiger partial charge in [-0.2, -0.15) is 0 Å². The highest BCUT2D eigenvalue weighted by molar-refractivity contribution is 14.1. The van der Waals surface area contributed by atoms with Crippen molar-refractivity contribution in [3.63, 3.8) is 0 Å². The highest BCUT2D eigenvalue weighted by Crippen LogP contribution is 2.34. The predicted molar refractivity (Wildman–Crippen MR) is 70.8 cm³/mol. The summed E-state index contributed by atoms with van der Waals surface area (Å²) in [5.41, 5.74) is 0. The van der Waals surface area contributed by atoms with Crippen molar-refractivity contribution >= 4 is 41.2 Å². The second-order valence-corrected chi connectivity index (χ2v) is 6.34. The number of carbonyl (C=O) groups excluding carboxylic acids is 2. The Morgan fingerprint density at radius 1 is 1.35 bits per heavy atom. The van der Waals surface area contributed by atoms with E-state index in [2.05, 4.69) is 22.6 Å². The molecule has 2 saturated heterocycles. The Morgan fingerprint density at radius 3 is 2.35 bits per heavy atom. The first-order chi connectivity index (χ1) is 7.87. The summed E-state index contributed by atoms with van der Waals surface area (Å²) in [7, 11) is 1.81. The monoisotopic (exact) mass is 349 g/mol. The van der Waals surface area contributed by atoms with Crippen LogP contribution in [0.4, 0.5) is 0 Å². The maximum absolute atomic E-state index is 11.4. The van der Waals surface area contributed by atoms with Crippen molar-refractivity contribution in [2.45, 2.75) is 6.92 Å². The number of nitrogens with zero attached hydrogens (tertiary/aromatic N) is 1. The summed E-state index contributed by atoms with van der Waals surface area (Å²) < 4.78 is 11.8. The summed E-state index contributed by atoms with van der Waals surface area (Å²) >= 11 is 2.17. The summed E-state index contributed by atoms with van der Waals surface area (Å²) in [4.78, 5) is 22.8. The van der Waals surface area contributed by atoms with Crippen molar-refractivity contribution in [2.24, 2.45) is 0 Å². The molecule has 2 aliphatic rings. The van der Waals surface area contributed by atoms with Crippen molar-refractivity contribution in [1.29, 1.82) is 0 Å². The fraction of sp³-hybridized carbons (Fsp3) is 0.400. The van der Waals surface area contributed by atoms with Crippen LogP contribution in [0.5, 0.6) is 0 Å². The molecule has 92 valence electrons. The number of allylic oxidation sites excluding steroid dienone is 3. The molecular weight excluding hydrogens is 336 g/mol. The quantitative estimate of drug-likeness (QED) is 0.423. The van der Waals surface area contributed by atoms with Gasteiger partial charge in [0.1, 0.15) is 13.1 Å². The molecule has 0 amide bonds. The molecule has 2 rings (SSSR count). The molecule has 5 nitrogen and oxygen atoms in total. The fourth-order valence-electron chi connectivity index (χ4n) is 2.24. The van der Waals surface area contributed by atoms with Crippen LogP contribution < -0.4 is 0 Å². The predicted octanol–water partition coefficient (Wildman–Crippen LogP) is 0.920. The molecule has 0 atom stereocenters. The summed E-state index contributed by atoms with van der Waals surface area (Å²) in [5.74, 6) is 1.05. The molecule has 0 aromatic carbocycles. The third kappa shape index (κ3) is 2.13. The van der Waals surface area contributed by atoms with E-state index in [1.807, 2.05) is 13.0 Å². The summed E-state index contributed by atoms with van der Waals surface area (Å²) in [6.07, 6.45) is 3.65. The molecular formula is C10H13BINO4. The second kappa shape index (κ2) is 4.13. The first-order valence-corrected chi connectivity index (χ1v) is 6.39. The van der Waals surface area contributed by atoms with Crippen LogP contribution in [0.3, 0.4) is 0 Å². The highest BCUT2D eigenvalue weighted by Gasteiger charge is 2.63. The molecule has 2 aliphatic heterocycles. The van der Waals surface area contributed by atoms with E-state index in [4.69, 9.17) is 9.31 Å². The van der Waals surface area contributed by atoms with Crippen LogP contribution in [-0.2, 0) is 18.9 Å². The van der Waals surface area contributed by atoms with Gasteiger partial charge in [-0.1, -0.05) is 18.1 Å². The molecule has 0 unspecified atom stereocenters. The molecule has 0 aromatic heterocycles. The van der Waals surface area contributed by atoms with Crippen LogP contribution in [0.1, 0.15) is 6.92 Å². The number of quaternary nitrogens is 1. The lowest BCUT2D eigenvalue weighted by atomic mass is 9.68. The van der Waals surface area contributed by atoms with Gasteiger partial charge < -0.3 is 13.7 Å². The van der Waals surface area contributed by atoms with Crippen molar-refractivity contribution in [1.82, 2.24) is 0 Å². The zero-order chi connectivity index (χ0) is 12.7. The maximum atomic E-state index is 11.4. The zero-order valence-electron chi connectivity index (χ0n) is 9.68. The van der Waals surface area contributed by atoms with Gasteiger partial charge in [-0.25, -0.2) is 0 Å². The van der Waals surface area contributed by atoms with E-state index in [0.717, 1.165) is 3.58 Å². The molecule has 7 heteroatoms. The Labute approximate surface area is 113 Å². The largest absolute Gasteiger partial charge is 0.607 e. The minimum atomic E-state index is -2.00. The molecule has 17 heavy (non-hydrogen) atoms. The smallest absolute Gasteiger partial charge is 0.596 e. The molecule has 0 aromatic rings. The van der Waals surface area contributed by atoms with Crippen molar-refractivity contribution in [3.8, 4) is 0 Å². The lowest BCUT2D eigenvalue weighted by Crippen LogP contribution is -2.58. The Kier molecular flexibility index (Phi) is 3.07. The zero-order valence-corrected chi connectivity index (χ0v) is 11.8. The van der Waals surface area contributed by atoms with E-state index in [1.165, 1.54) is 0 Å². The molecule has 2 fully saturated rings. The molecule has 0 aliphatic carbocycles. The van der Waals surface area contributed by atoms with E-state index in [1.54, 1.807) is 19.1 Å². The molecule has 0 radical (unpaired) electrons. The topological polar surface area (TPSA) is 52.6 Å². The van der Waals surface area contributed by atoms with Gasteiger partial charge in [-0.3, -0.25) is 9.59 Å². The first kappa shape index (κ1) is 12.6. The number of fused-ring (bicyclic) bond motifs is 1. The Morgan fingerprint density at radius 2 is 1.88 bits per heavy atom. The molecule has 0 saturated carbocycles. The summed E-state index contributed by atoms with van der Waals surface area (Å²) in [6.45, 7) is 0.312. The average molecular weight is 349 g/mol.